The van der Waals surface area contributed by atoms with Crippen molar-refractivity contribution in [2.45, 2.75) is 32.9 Å². The van der Waals surface area contributed by atoms with Crippen LogP contribution in [0.1, 0.15) is 44.0 Å². The molecule has 0 bridgehead atoms. The summed E-state index contributed by atoms with van der Waals surface area (Å²) < 4.78 is 18.3. The monoisotopic (exact) mass is 372 g/mol. The second-order valence-corrected chi connectivity index (χ2v) is 7.21. The maximum Gasteiger partial charge on any atom is 0.234 e. The van der Waals surface area contributed by atoms with Crippen molar-refractivity contribution in [2.24, 2.45) is 5.92 Å². The molecule has 146 valence electrons. The standard InChI is InChI=1S/C22H29FN2O2/c1-15(2)22(18-8-12-20(27-5)13-9-18)24-21(26)14-25(4)16(3)17-6-10-19(23)11-7-17/h6-13,15-16,22H,14H2,1-5H3,(H,24,26). The van der Waals surface area contributed by atoms with Gasteiger partial charge in [0.1, 0.15) is 11.6 Å². The number of methoxy groups -OCH3 is 1. The number of hydrogen-bond acceptors (Lipinski definition) is 3. The maximum atomic E-state index is 13.1. The number of rotatable bonds is 8. The first-order chi connectivity index (χ1) is 12.8. The molecule has 27 heavy (non-hydrogen) atoms. The van der Waals surface area contributed by atoms with Gasteiger partial charge in [-0.15, -0.1) is 0 Å². The van der Waals surface area contributed by atoms with Crippen LogP contribution in [0.3, 0.4) is 0 Å². The van der Waals surface area contributed by atoms with Gasteiger partial charge in [-0.3, -0.25) is 9.69 Å². The van der Waals surface area contributed by atoms with Crippen molar-refractivity contribution < 1.29 is 13.9 Å². The largest absolute Gasteiger partial charge is 0.497 e. The Morgan fingerprint density at radius 3 is 2.11 bits per heavy atom. The molecule has 2 atom stereocenters. The zero-order valence-corrected chi connectivity index (χ0v) is 16.7. The Kier molecular flexibility index (Phi) is 7.36. The van der Waals surface area contributed by atoms with Gasteiger partial charge in [-0.1, -0.05) is 38.1 Å². The normalized spacial score (nSPS) is 13.5. The quantitative estimate of drug-likeness (QED) is 0.749. The summed E-state index contributed by atoms with van der Waals surface area (Å²) in [6, 6.07) is 14.1. The Labute approximate surface area is 161 Å². The highest BCUT2D eigenvalue weighted by atomic mass is 19.1. The summed E-state index contributed by atoms with van der Waals surface area (Å²) in [7, 11) is 3.53. The predicted molar refractivity (Wildman–Crippen MR) is 106 cm³/mol. The van der Waals surface area contributed by atoms with Gasteiger partial charge in [0, 0.05) is 6.04 Å². The molecular weight excluding hydrogens is 343 g/mol. The van der Waals surface area contributed by atoms with Crippen LogP contribution in [0.15, 0.2) is 48.5 Å². The Morgan fingerprint density at radius 2 is 1.59 bits per heavy atom. The number of carbonyl (C=O) groups is 1. The second-order valence-electron chi connectivity index (χ2n) is 7.21. The van der Waals surface area contributed by atoms with E-state index in [-0.39, 0.29) is 36.3 Å². The lowest BCUT2D eigenvalue weighted by atomic mass is 9.96. The van der Waals surface area contributed by atoms with Crippen molar-refractivity contribution in [1.82, 2.24) is 10.2 Å². The SMILES string of the molecule is COc1ccc(C(NC(=O)CN(C)C(C)c2ccc(F)cc2)C(C)C)cc1. The van der Waals surface area contributed by atoms with Crippen LogP contribution in [0, 0.1) is 11.7 Å². The minimum Gasteiger partial charge on any atom is -0.497 e. The van der Waals surface area contributed by atoms with Crippen molar-refractivity contribution >= 4 is 5.91 Å². The molecule has 0 radical (unpaired) electrons. The highest BCUT2D eigenvalue weighted by molar-refractivity contribution is 5.78. The van der Waals surface area contributed by atoms with Crippen LogP contribution in [0.25, 0.3) is 0 Å². The fourth-order valence-corrected chi connectivity index (χ4v) is 3.02. The predicted octanol–water partition coefficient (Wildman–Crippen LogP) is 4.34. The molecule has 0 saturated heterocycles. The van der Waals surface area contributed by atoms with E-state index in [1.165, 1.54) is 12.1 Å². The number of benzene rings is 2. The van der Waals surface area contributed by atoms with Gasteiger partial charge >= 0.3 is 0 Å². The third-order valence-electron chi connectivity index (χ3n) is 4.86. The number of ether oxygens (including phenoxy) is 1. The molecule has 0 aliphatic rings. The van der Waals surface area contributed by atoms with Crippen molar-refractivity contribution in [2.75, 3.05) is 20.7 Å². The van der Waals surface area contributed by atoms with E-state index >= 15 is 0 Å². The van der Waals surface area contributed by atoms with Crippen LogP contribution < -0.4 is 10.1 Å². The summed E-state index contributed by atoms with van der Waals surface area (Å²) in [5.74, 6) is 0.745. The zero-order chi connectivity index (χ0) is 20.0. The first kappa shape index (κ1) is 20.9. The van der Waals surface area contributed by atoms with Gasteiger partial charge < -0.3 is 10.1 Å². The Hall–Kier alpha value is -2.40. The molecular formula is C22H29FN2O2. The van der Waals surface area contributed by atoms with E-state index < -0.39 is 0 Å². The number of nitrogens with zero attached hydrogens (tertiary/aromatic N) is 1. The van der Waals surface area contributed by atoms with E-state index in [9.17, 15) is 9.18 Å². The van der Waals surface area contributed by atoms with Crippen LogP contribution in [0.4, 0.5) is 4.39 Å². The minimum atomic E-state index is -0.259. The molecule has 0 fully saturated rings. The first-order valence-corrected chi connectivity index (χ1v) is 9.20. The molecule has 2 rings (SSSR count). The molecule has 0 heterocycles. The Balaban J connectivity index is 2.01. The number of amides is 1. The Morgan fingerprint density at radius 1 is 1.04 bits per heavy atom. The van der Waals surface area contributed by atoms with Crippen molar-refractivity contribution in [3.05, 3.63) is 65.5 Å². The lowest BCUT2D eigenvalue weighted by Crippen LogP contribution is -2.39. The highest BCUT2D eigenvalue weighted by Crippen LogP contribution is 2.24. The molecule has 0 aliphatic carbocycles. The van der Waals surface area contributed by atoms with Crippen LogP contribution >= 0.6 is 0 Å². The van der Waals surface area contributed by atoms with Gasteiger partial charge in [-0.05, 0) is 55.3 Å². The average Bonchev–Trinajstić information content (AvgIpc) is 2.66. The summed E-state index contributed by atoms with van der Waals surface area (Å²) in [6.45, 7) is 6.43. The fourth-order valence-electron chi connectivity index (χ4n) is 3.02. The number of hydrogen-bond donors (Lipinski definition) is 1. The molecule has 0 saturated carbocycles. The van der Waals surface area contributed by atoms with E-state index in [0.717, 1.165) is 16.9 Å². The van der Waals surface area contributed by atoms with Crippen LogP contribution in [-0.2, 0) is 4.79 Å². The molecule has 0 spiro atoms. The molecule has 2 aromatic rings. The van der Waals surface area contributed by atoms with Gasteiger partial charge in [0.2, 0.25) is 5.91 Å². The van der Waals surface area contributed by atoms with Crippen molar-refractivity contribution in [1.29, 1.82) is 0 Å². The molecule has 4 nitrogen and oxygen atoms in total. The third-order valence-corrected chi connectivity index (χ3v) is 4.86. The molecule has 0 aliphatic heterocycles. The summed E-state index contributed by atoms with van der Waals surface area (Å²) >= 11 is 0. The van der Waals surface area contributed by atoms with Gasteiger partial charge in [0.15, 0.2) is 0 Å². The molecule has 1 amide bonds. The number of halogens is 1. The summed E-state index contributed by atoms with van der Waals surface area (Å²) in [5.41, 5.74) is 2.02. The minimum absolute atomic E-state index is 0.00911. The second kappa shape index (κ2) is 9.51. The average molecular weight is 372 g/mol. The molecule has 2 unspecified atom stereocenters. The van der Waals surface area contributed by atoms with Crippen LogP contribution in [-0.4, -0.2) is 31.5 Å². The number of likely N-dealkylation sites (N-methyl/N-ethyl adjacent to an activating group) is 1. The van der Waals surface area contributed by atoms with Crippen molar-refractivity contribution in [3.8, 4) is 5.75 Å². The van der Waals surface area contributed by atoms with E-state index in [1.807, 2.05) is 43.1 Å². The van der Waals surface area contributed by atoms with Gasteiger partial charge in [0.25, 0.3) is 0 Å². The fraction of sp³-hybridized carbons (Fsp3) is 0.409. The third kappa shape index (κ3) is 5.79. The zero-order valence-electron chi connectivity index (χ0n) is 16.7. The number of nitrogens with one attached hydrogen (secondary N) is 1. The molecule has 1 N–H and O–H groups in total. The first-order valence-electron chi connectivity index (χ1n) is 9.20. The van der Waals surface area contributed by atoms with E-state index in [1.54, 1.807) is 19.2 Å². The highest BCUT2D eigenvalue weighted by Gasteiger charge is 2.21. The summed E-state index contributed by atoms with van der Waals surface area (Å²) in [5, 5.41) is 3.14. The van der Waals surface area contributed by atoms with Gasteiger partial charge in [0.05, 0.1) is 19.7 Å². The molecule has 5 heteroatoms. The van der Waals surface area contributed by atoms with E-state index in [0.29, 0.717) is 0 Å². The summed E-state index contributed by atoms with van der Waals surface area (Å²) in [4.78, 5) is 14.6. The van der Waals surface area contributed by atoms with E-state index in [2.05, 4.69) is 19.2 Å². The maximum absolute atomic E-state index is 13.1. The van der Waals surface area contributed by atoms with Gasteiger partial charge in [-0.25, -0.2) is 4.39 Å². The van der Waals surface area contributed by atoms with Crippen molar-refractivity contribution in [3.63, 3.8) is 0 Å². The molecule has 0 aromatic heterocycles. The topological polar surface area (TPSA) is 41.6 Å². The smallest absolute Gasteiger partial charge is 0.234 e. The Bertz CT molecular complexity index is 729. The lowest BCUT2D eigenvalue weighted by Gasteiger charge is -2.27. The van der Waals surface area contributed by atoms with E-state index in [4.69, 9.17) is 4.74 Å². The van der Waals surface area contributed by atoms with Crippen LogP contribution in [0.5, 0.6) is 5.75 Å². The van der Waals surface area contributed by atoms with Gasteiger partial charge in [-0.2, -0.15) is 0 Å². The summed E-state index contributed by atoms with van der Waals surface area (Å²) in [6.07, 6.45) is 0. The molecule has 2 aromatic carbocycles. The van der Waals surface area contributed by atoms with Crippen LogP contribution in [0.2, 0.25) is 0 Å². The lowest BCUT2D eigenvalue weighted by molar-refractivity contribution is -0.123. The number of carbonyl (C=O) groups excluding carboxylic acids is 1.